The van der Waals surface area contributed by atoms with Crippen molar-refractivity contribution in [1.29, 1.82) is 0 Å². The summed E-state index contributed by atoms with van der Waals surface area (Å²) >= 11 is 0. The fourth-order valence-corrected chi connectivity index (χ4v) is 4.23. The Labute approximate surface area is 195 Å². The molecule has 1 saturated heterocycles. The Morgan fingerprint density at radius 1 is 1.42 bits per heavy atom. The van der Waals surface area contributed by atoms with Crippen molar-refractivity contribution in [3.8, 4) is 0 Å². The predicted molar refractivity (Wildman–Crippen MR) is 135 cm³/mol. The molecule has 3 aromatic rings. The number of aromatic nitrogens is 2. The molecule has 8 nitrogen and oxygen atoms in total. The number of nitrogen functional groups attached to an aromatic ring is 1. The summed E-state index contributed by atoms with van der Waals surface area (Å²) in [5, 5.41) is 6.15. The van der Waals surface area contributed by atoms with Gasteiger partial charge < -0.3 is 25.7 Å². The van der Waals surface area contributed by atoms with E-state index in [9.17, 15) is 9.18 Å². The summed E-state index contributed by atoms with van der Waals surface area (Å²) < 4.78 is 16.0. The summed E-state index contributed by atoms with van der Waals surface area (Å²) in [6, 6.07) is 4.88. The highest BCUT2D eigenvalue weighted by molar-refractivity contribution is 6.11. The molecule has 0 bridgehead atoms. The molecule has 1 unspecified atom stereocenters. The molecule has 1 atom stereocenters. The fraction of sp³-hybridized carbons (Fsp3) is 0.375. The van der Waals surface area contributed by atoms with Crippen molar-refractivity contribution in [3.63, 3.8) is 0 Å². The van der Waals surface area contributed by atoms with Crippen molar-refractivity contribution in [2.75, 3.05) is 42.6 Å². The van der Waals surface area contributed by atoms with E-state index in [1.807, 2.05) is 20.0 Å². The van der Waals surface area contributed by atoms with E-state index in [1.165, 1.54) is 6.07 Å². The van der Waals surface area contributed by atoms with E-state index < -0.39 is 11.7 Å². The molecule has 1 amide bonds. The molecule has 4 N–H and O–H groups in total. The van der Waals surface area contributed by atoms with Crippen LogP contribution in [0.15, 0.2) is 35.6 Å². The number of rotatable bonds is 6. The minimum absolute atomic E-state index is 0. The Kier molecular flexibility index (Phi) is 6.07. The molecule has 9 heteroatoms. The van der Waals surface area contributed by atoms with Gasteiger partial charge in [0, 0.05) is 64.0 Å². The molecular formula is C24H34FN7O. The number of anilines is 3. The zero-order chi connectivity index (χ0) is 23.8. The van der Waals surface area contributed by atoms with Gasteiger partial charge in [-0.3, -0.25) is 9.79 Å². The van der Waals surface area contributed by atoms with Crippen molar-refractivity contribution in [3.05, 3.63) is 53.2 Å². The molecule has 1 fully saturated rings. The van der Waals surface area contributed by atoms with Gasteiger partial charge in [0.05, 0.1) is 22.6 Å². The number of hydrogen-bond acceptors (Lipinski definition) is 6. The van der Waals surface area contributed by atoms with Crippen LogP contribution in [0, 0.1) is 12.7 Å². The maximum atomic E-state index is 14.4. The van der Waals surface area contributed by atoms with Crippen LogP contribution in [0.5, 0.6) is 0 Å². The van der Waals surface area contributed by atoms with Gasteiger partial charge in [-0.15, -0.1) is 0 Å². The molecule has 0 radical (unpaired) electrons. The zero-order valence-electron chi connectivity index (χ0n) is 19.4. The SMILES string of the molecule is CCN=Cc1c(N2CCC(C)(NC)C2)ccc(C(=O)Nc2cc(F)c3nc(C)cn3c2)c1N.[HH].[HH]. The third kappa shape index (κ3) is 4.41. The van der Waals surface area contributed by atoms with Crippen LogP contribution < -0.4 is 21.3 Å². The third-order valence-electron chi connectivity index (χ3n) is 6.21. The maximum Gasteiger partial charge on any atom is 0.257 e. The number of amides is 1. The van der Waals surface area contributed by atoms with Crippen LogP contribution in [0.25, 0.3) is 5.65 Å². The average molecular weight is 456 g/mol. The number of benzene rings is 1. The first-order chi connectivity index (χ1) is 15.7. The van der Waals surface area contributed by atoms with Crippen LogP contribution in [0.2, 0.25) is 0 Å². The van der Waals surface area contributed by atoms with E-state index >= 15 is 0 Å². The Hall–Kier alpha value is -3.46. The van der Waals surface area contributed by atoms with E-state index in [4.69, 9.17) is 5.73 Å². The average Bonchev–Trinajstić information content (AvgIpc) is 3.35. The highest BCUT2D eigenvalue weighted by Gasteiger charge is 2.33. The van der Waals surface area contributed by atoms with Crippen molar-refractivity contribution < 1.29 is 12.0 Å². The van der Waals surface area contributed by atoms with Crippen molar-refractivity contribution in [2.45, 2.75) is 32.7 Å². The van der Waals surface area contributed by atoms with Gasteiger partial charge in [0.1, 0.15) is 0 Å². The van der Waals surface area contributed by atoms with E-state index in [-0.39, 0.29) is 14.0 Å². The summed E-state index contributed by atoms with van der Waals surface area (Å²) in [6.07, 6.45) is 6.06. The van der Waals surface area contributed by atoms with Gasteiger partial charge in [0.2, 0.25) is 0 Å². The van der Waals surface area contributed by atoms with Gasteiger partial charge in [-0.1, -0.05) is 0 Å². The highest BCUT2D eigenvalue weighted by atomic mass is 19.1. The minimum Gasteiger partial charge on any atom is -0.397 e. The van der Waals surface area contributed by atoms with Crippen LogP contribution in [0.1, 0.15) is 44.7 Å². The topological polar surface area (TPSA) is 100 Å². The molecule has 1 aliphatic heterocycles. The first-order valence-electron chi connectivity index (χ1n) is 11.1. The molecule has 0 saturated carbocycles. The quantitative estimate of drug-likeness (QED) is 0.388. The van der Waals surface area contributed by atoms with Gasteiger partial charge in [0.15, 0.2) is 11.5 Å². The van der Waals surface area contributed by atoms with Gasteiger partial charge in [0.25, 0.3) is 5.91 Å². The molecule has 2 aromatic heterocycles. The van der Waals surface area contributed by atoms with Gasteiger partial charge in [-0.2, -0.15) is 0 Å². The summed E-state index contributed by atoms with van der Waals surface area (Å²) in [6.45, 7) is 8.22. The number of aliphatic imine (C=N–C) groups is 1. The Morgan fingerprint density at radius 2 is 2.21 bits per heavy atom. The molecule has 1 aromatic carbocycles. The lowest BCUT2D eigenvalue weighted by Gasteiger charge is -2.26. The number of nitrogens with two attached hydrogens (primary N) is 1. The molecule has 0 spiro atoms. The first-order valence-corrected chi connectivity index (χ1v) is 11.1. The molecular weight excluding hydrogens is 421 g/mol. The predicted octanol–water partition coefficient (Wildman–Crippen LogP) is 3.74. The number of halogens is 1. The Bertz CT molecular complexity index is 1250. The molecule has 4 rings (SSSR count). The normalized spacial score (nSPS) is 18.5. The zero-order valence-corrected chi connectivity index (χ0v) is 19.4. The summed E-state index contributed by atoms with van der Waals surface area (Å²) in [4.78, 5) is 23.9. The van der Waals surface area contributed by atoms with Crippen LogP contribution in [-0.2, 0) is 0 Å². The monoisotopic (exact) mass is 455 g/mol. The van der Waals surface area contributed by atoms with Crippen LogP contribution in [-0.4, -0.2) is 53.7 Å². The standard InChI is InChI=1S/C24H30FN7O.2H2/c1-5-28-11-18-20(31-9-8-24(3,14-31)27-4)7-6-17(21(18)26)23(33)30-16-10-19(25)22-29-15(2)12-32(22)13-16;;/h6-7,10-13,27H,5,8-9,14,26H2,1-4H3,(H,30,33);2*1H. The first kappa shape index (κ1) is 22.7. The number of fused-ring (bicyclic) bond motifs is 1. The second kappa shape index (κ2) is 8.82. The second-order valence-electron chi connectivity index (χ2n) is 8.71. The molecule has 3 heterocycles. The van der Waals surface area contributed by atoms with Crippen molar-refractivity contribution >= 4 is 34.8 Å². The third-order valence-corrected chi connectivity index (χ3v) is 6.21. The minimum atomic E-state index is -0.512. The maximum absolute atomic E-state index is 14.4. The lowest BCUT2D eigenvalue weighted by atomic mass is 10.0. The number of imidazole rings is 1. The largest absolute Gasteiger partial charge is 0.397 e. The summed E-state index contributed by atoms with van der Waals surface area (Å²) in [5.74, 6) is -0.927. The number of hydrogen-bond donors (Lipinski definition) is 3. The van der Waals surface area contributed by atoms with Crippen LogP contribution in [0.3, 0.4) is 0 Å². The number of carbonyl (C=O) groups is 1. The molecule has 0 aliphatic carbocycles. The van der Waals surface area contributed by atoms with Crippen molar-refractivity contribution in [1.82, 2.24) is 14.7 Å². The number of pyridine rings is 1. The van der Waals surface area contributed by atoms with Gasteiger partial charge in [-0.25, -0.2) is 9.37 Å². The van der Waals surface area contributed by atoms with Crippen molar-refractivity contribution in [2.24, 2.45) is 4.99 Å². The number of likely N-dealkylation sites (N-methyl/N-ethyl adjacent to an activating group) is 1. The summed E-state index contributed by atoms with van der Waals surface area (Å²) in [5.41, 5.74) is 10.0. The number of nitrogens with one attached hydrogen (secondary N) is 2. The van der Waals surface area contributed by atoms with Gasteiger partial charge in [-0.05, 0) is 46.4 Å². The Balaban J connectivity index is 0.00000216. The smallest absolute Gasteiger partial charge is 0.257 e. The lowest BCUT2D eigenvalue weighted by Crippen LogP contribution is -2.42. The molecule has 33 heavy (non-hydrogen) atoms. The van der Waals surface area contributed by atoms with E-state index in [2.05, 4.69) is 32.4 Å². The van der Waals surface area contributed by atoms with Gasteiger partial charge >= 0.3 is 0 Å². The van der Waals surface area contributed by atoms with Crippen LogP contribution in [0.4, 0.5) is 21.5 Å². The Morgan fingerprint density at radius 3 is 2.91 bits per heavy atom. The number of carbonyl (C=O) groups excluding carboxylic acids is 1. The van der Waals surface area contributed by atoms with E-state index in [0.717, 1.165) is 30.8 Å². The lowest BCUT2D eigenvalue weighted by molar-refractivity contribution is 0.102. The number of aryl methyl sites for hydroxylation is 1. The molecule has 1 aliphatic rings. The van der Waals surface area contributed by atoms with E-state index in [0.29, 0.717) is 29.2 Å². The summed E-state index contributed by atoms with van der Waals surface area (Å²) in [7, 11) is 1.97. The highest BCUT2D eigenvalue weighted by Crippen LogP contribution is 2.33. The molecule has 178 valence electrons. The van der Waals surface area contributed by atoms with E-state index in [1.54, 1.807) is 36.0 Å². The number of nitrogens with zero attached hydrogens (tertiary/aromatic N) is 4. The second-order valence-corrected chi connectivity index (χ2v) is 8.71. The van der Waals surface area contributed by atoms with Crippen LogP contribution >= 0.6 is 0 Å². The fourth-order valence-electron chi connectivity index (χ4n) is 4.23.